The minimum Gasteiger partial charge on any atom is -0.492 e. The predicted molar refractivity (Wildman–Crippen MR) is 130 cm³/mol. The lowest BCUT2D eigenvalue weighted by Gasteiger charge is -2.12. The van der Waals surface area contributed by atoms with Crippen molar-refractivity contribution in [1.82, 2.24) is 0 Å². The lowest BCUT2D eigenvalue weighted by atomic mass is 10.1. The zero-order chi connectivity index (χ0) is 23.9. The van der Waals surface area contributed by atoms with Gasteiger partial charge < -0.3 is 23.9 Å². The number of hydrogen-bond donors (Lipinski definition) is 1. The molecule has 0 aliphatic carbocycles. The molecule has 0 aliphatic heterocycles. The Hall–Kier alpha value is -4.26. The van der Waals surface area contributed by atoms with Crippen molar-refractivity contribution < 1.29 is 23.4 Å². The normalized spacial score (nSPS) is 10.6. The second kappa shape index (κ2) is 10.6. The monoisotopic (exact) mass is 459 g/mol. The van der Waals surface area contributed by atoms with E-state index in [0.29, 0.717) is 40.5 Å². The summed E-state index contributed by atoms with van der Waals surface area (Å²) < 4.78 is 22.6. The zero-order valence-electron chi connectivity index (χ0n) is 19.0. The maximum absolute atomic E-state index is 12.9. The van der Waals surface area contributed by atoms with Crippen LogP contribution in [0.5, 0.6) is 23.0 Å². The van der Waals surface area contributed by atoms with Gasteiger partial charge >= 0.3 is 0 Å². The van der Waals surface area contributed by atoms with Crippen molar-refractivity contribution in [3.05, 3.63) is 88.8 Å². The number of amides is 1. The Labute approximate surface area is 196 Å². The minimum absolute atomic E-state index is 0.106. The van der Waals surface area contributed by atoms with E-state index >= 15 is 0 Å². The van der Waals surface area contributed by atoms with Crippen molar-refractivity contribution in [3.8, 4) is 23.0 Å². The Morgan fingerprint density at radius 3 is 2.47 bits per heavy atom. The Morgan fingerprint density at radius 2 is 1.68 bits per heavy atom. The second-order valence-corrected chi connectivity index (χ2v) is 7.42. The van der Waals surface area contributed by atoms with Crippen molar-refractivity contribution in [2.24, 2.45) is 0 Å². The molecular formula is C27H25NO6. The van der Waals surface area contributed by atoms with E-state index in [2.05, 4.69) is 5.32 Å². The van der Waals surface area contributed by atoms with Gasteiger partial charge in [-0.05, 0) is 49.2 Å². The number of nitrogens with one attached hydrogen (secondary N) is 1. The van der Waals surface area contributed by atoms with Gasteiger partial charge in [0.1, 0.15) is 29.1 Å². The van der Waals surface area contributed by atoms with E-state index in [1.807, 2.05) is 50.2 Å². The summed E-state index contributed by atoms with van der Waals surface area (Å²) in [6.07, 6.45) is 2.07. The molecule has 0 radical (unpaired) electrons. The fraction of sp³-hybridized carbons (Fsp3) is 0.185. The molecule has 1 heterocycles. The standard InChI is InChI=1S/C27H25NO6/c1-3-18-9-5-7-11-22(18)34-25-16-33-24-15-19(13-14-20(24)27(25)30)32-17-26(29)28-21-10-6-8-12-23(21)31-4-2/h5-16H,3-4,17H2,1-2H3,(H,28,29). The third-order valence-corrected chi connectivity index (χ3v) is 5.12. The average molecular weight is 459 g/mol. The smallest absolute Gasteiger partial charge is 0.262 e. The molecule has 174 valence electrons. The van der Waals surface area contributed by atoms with Gasteiger partial charge in [0.2, 0.25) is 11.2 Å². The molecule has 0 atom stereocenters. The first kappa shape index (κ1) is 22.9. The van der Waals surface area contributed by atoms with Crippen molar-refractivity contribution in [2.75, 3.05) is 18.5 Å². The van der Waals surface area contributed by atoms with Gasteiger partial charge in [-0.15, -0.1) is 0 Å². The molecule has 4 rings (SSSR count). The SMILES string of the molecule is CCOc1ccccc1NC(=O)COc1ccc2c(=O)c(Oc3ccccc3CC)coc2c1. The molecule has 34 heavy (non-hydrogen) atoms. The molecule has 0 saturated heterocycles. The summed E-state index contributed by atoms with van der Waals surface area (Å²) in [5.74, 6) is 1.37. The second-order valence-electron chi connectivity index (χ2n) is 7.42. The predicted octanol–water partition coefficient (Wildman–Crippen LogP) is 5.56. The average Bonchev–Trinajstić information content (AvgIpc) is 2.86. The summed E-state index contributed by atoms with van der Waals surface area (Å²) in [5, 5.41) is 3.13. The van der Waals surface area contributed by atoms with E-state index < -0.39 is 0 Å². The van der Waals surface area contributed by atoms with Crippen molar-refractivity contribution in [3.63, 3.8) is 0 Å². The van der Waals surface area contributed by atoms with E-state index in [4.69, 9.17) is 18.6 Å². The summed E-state index contributed by atoms with van der Waals surface area (Å²) in [6, 6.07) is 19.5. The fourth-order valence-electron chi connectivity index (χ4n) is 3.45. The number of para-hydroxylation sites is 3. The van der Waals surface area contributed by atoms with Gasteiger partial charge in [-0.2, -0.15) is 0 Å². The highest BCUT2D eigenvalue weighted by Crippen LogP contribution is 2.27. The number of carbonyl (C=O) groups excluding carboxylic acids is 1. The van der Waals surface area contributed by atoms with Crippen LogP contribution in [0, 0.1) is 0 Å². The van der Waals surface area contributed by atoms with Gasteiger partial charge in [0.25, 0.3) is 5.91 Å². The van der Waals surface area contributed by atoms with Gasteiger partial charge in [-0.3, -0.25) is 9.59 Å². The first-order valence-corrected chi connectivity index (χ1v) is 11.0. The van der Waals surface area contributed by atoms with Crippen molar-refractivity contribution in [2.45, 2.75) is 20.3 Å². The van der Waals surface area contributed by atoms with Gasteiger partial charge in [0.15, 0.2) is 6.61 Å². The Balaban J connectivity index is 1.45. The van der Waals surface area contributed by atoms with Gasteiger partial charge in [-0.1, -0.05) is 37.3 Å². The number of hydrogen-bond acceptors (Lipinski definition) is 6. The van der Waals surface area contributed by atoms with Crippen LogP contribution in [0.2, 0.25) is 0 Å². The summed E-state index contributed by atoms with van der Waals surface area (Å²) in [7, 11) is 0. The van der Waals surface area contributed by atoms with E-state index in [-0.39, 0.29) is 23.7 Å². The van der Waals surface area contributed by atoms with Crippen LogP contribution >= 0.6 is 0 Å². The van der Waals surface area contributed by atoms with Crippen molar-refractivity contribution in [1.29, 1.82) is 0 Å². The molecule has 7 nitrogen and oxygen atoms in total. The topological polar surface area (TPSA) is 87.0 Å². The summed E-state index contributed by atoms with van der Waals surface area (Å²) in [5.41, 5.74) is 1.61. The molecule has 0 saturated carbocycles. The molecule has 1 N–H and O–H groups in total. The number of benzene rings is 3. The minimum atomic E-state index is -0.341. The molecule has 1 aromatic heterocycles. The van der Waals surface area contributed by atoms with Crippen molar-refractivity contribution >= 4 is 22.6 Å². The lowest BCUT2D eigenvalue weighted by molar-refractivity contribution is -0.118. The van der Waals surface area contributed by atoms with E-state index in [9.17, 15) is 9.59 Å². The van der Waals surface area contributed by atoms with E-state index in [0.717, 1.165) is 12.0 Å². The third kappa shape index (κ3) is 5.20. The van der Waals surface area contributed by atoms with Gasteiger partial charge in [0, 0.05) is 6.07 Å². The van der Waals surface area contributed by atoms with Gasteiger partial charge in [0.05, 0.1) is 17.7 Å². The maximum Gasteiger partial charge on any atom is 0.262 e. The van der Waals surface area contributed by atoms with Gasteiger partial charge in [-0.25, -0.2) is 0 Å². The number of rotatable bonds is 9. The molecule has 0 spiro atoms. The van der Waals surface area contributed by atoms with Crippen LogP contribution in [-0.4, -0.2) is 19.1 Å². The van der Waals surface area contributed by atoms with Crippen LogP contribution < -0.4 is 25.0 Å². The number of anilines is 1. The summed E-state index contributed by atoms with van der Waals surface area (Å²) >= 11 is 0. The first-order valence-electron chi connectivity index (χ1n) is 11.0. The third-order valence-electron chi connectivity index (χ3n) is 5.12. The van der Waals surface area contributed by atoms with E-state index in [1.54, 1.807) is 30.3 Å². The summed E-state index contributed by atoms with van der Waals surface area (Å²) in [4.78, 5) is 25.2. The summed E-state index contributed by atoms with van der Waals surface area (Å²) in [6.45, 7) is 4.17. The molecular weight excluding hydrogens is 434 g/mol. The largest absolute Gasteiger partial charge is 0.492 e. The van der Waals surface area contributed by atoms with Crippen LogP contribution in [0.1, 0.15) is 19.4 Å². The molecule has 0 bridgehead atoms. The Bertz CT molecular complexity index is 1360. The highest BCUT2D eigenvalue weighted by Gasteiger charge is 2.13. The number of ether oxygens (including phenoxy) is 3. The van der Waals surface area contributed by atoms with E-state index in [1.165, 1.54) is 6.26 Å². The molecule has 0 fully saturated rings. The zero-order valence-corrected chi connectivity index (χ0v) is 19.0. The lowest BCUT2D eigenvalue weighted by Crippen LogP contribution is -2.20. The molecule has 1 amide bonds. The quantitative estimate of drug-likeness (QED) is 0.352. The number of fused-ring (bicyclic) bond motifs is 1. The number of aryl methyl sites for hydroxylation is 1. The first-order chi connectivity index (χ1) is 16.6. The van der Waals surface area contributed by atoms with Crippen LogP contribution in [-0.2, 0) is 11.2 Å². The number of carbonyl (C=O) groups is 1. The van der Waals surface area contributed by atoms with Crippen LogP contribution in [0.3, 0.4) is 0 Å². The highest BCUT2D eigenvalue weighted by molar-refractivity contribution is 5.93. The molecule has 3 aromatic carbocycles. The maximum atomic E-state index is 12.9. The Kier molecular flexibility index (Phi) is 7.13. The van der Waals surface area contributed by atoms with Crippen LogP contribution in [0.15, 0.2) is 82.2 Å². The van der Waals surface area contributed by atoms with Crippen LogP contribution in [0.4, 0.5) is 5.69 Å². The fourth-order valence-corrected chi connectivity index (χ4v) is 3.45. The molecule has 4 aromatic rings. The molecule has 0 unspecified atom stereocenters. The van der Waals surface area contributed by atoms with Crippen LogP contribution in [0.25, 0.3) is 11.0 Å². The molecule has 7 heteroatoms. The molecule has 0 aliphatic rings. The Morgan fingerprint density at radius 1 is 0.912 bits per heavy atom. The highest BCUT2D eigenvalue weighted by atomic mass is 16.5.